The Hall–Kier alpha value is -0.830. The SMILES string of the molecule is Cc1ccccc1CCc1ccccc1I. The van der Waals surface area contributed by atoms with Gasteiger partial charge < -0.3 is 0 Å². The largest absolute Gasteiger partial charge is 0.0620 e. The fourth-order valence-corrected chi connectivity index (χ4v) is 2.52. The minimum atomic E-state index is 1.13. The average molecular weight is 322 g/mol. The second kappa shape index (κ2) is 5.48. The summed E-state index contributed by atoms with van der Waals surface area (Å²) in [5, 5.41) is 0. The molecular weight excluding hydrogens is 307 g/mol. The van der Waals surface area contributed by atoms with Crippen molar-refractivity contribution in [2.24, 2.45) is 0 Å². The van der Waals surface area contributed by atoms with Crippen LogP contribution in [0.15, 0.2) is 48.5 Å². The molecule has 0 nitrogen and oxygen atoms in total. The van der Waals surface area contributed by atoms with Crippen LogP contribution in [0.4, 0.5) is 0 Å². The molecule has 0 amide bonds. The van der Waals surface area contributed by atoms with Gasteiger partial charge in [0.25, 0.3) is 0 Å². The van der Waals surface area contributed by atoms with Crippen LogP contribution in [0.1, 0.15) is 16.7 Å². The van der Waals surface area contributed by atoms with E-state index in [2.05, 4.69) is 78.0 Å². The van der Waals surface area contributed by atoms with Crippen LogP contribution < -0.4 is 0 Å². The Morgan fingerprint density at radius 1 is 0.812 bits per heavy atom. The van der Waals surface area contributed by atoms with E-state index in [0.29, 0.717) is 0 Å². The van der Waals surface area contributed by atoms with Gasteiger partial charge in [-0.3, -0.25) is 0 Å². The van der Waals surface area contributed by atoms with Gasteiger partial charge in [0.15, 0.2) is 0 Å². The normalized spacial score (nSPS) is 10.4. The Balaban J connectivity index is 2.09. The zero-order valence-electron chi connectivity index (χ0n) is 9.41. The van der Waals surface area contributed by atoms with Crippen molar-refractivity contribution in [2.75, 3.05) is 0 Å². The van der Waals surface area contributed by atoms with Gasteiger partial charge >= 0.3 is 0 Å². The van der Waals surface area contributed by atoms with Crippen LogP contribution in [0.2, 0.25) is 0 Å². The molecule has 0 unspecified atom stereocenters. The van der Waals surface area contributed by atoms with Crippen molar-refractivity contribution in [3.8, 4) is 0 Å². The maximum absolute atomic E-state index is 2.41. The molecule has 0 bridgehead atoms. The summed E-state index contributed by atoms with van der Waals surface area (Å²) in [4.78, 5) is 0. The number of benzene rings is 2. The van der Waals surface area contributed by atoms with Crippen LogP contribution in [0.25, 0.3) is 0 Å². The van der Waals surface area contributed by atoms with Gasteiger partial charge in [-0.15, -0.1) is 0 Å². The van der Waals surface area contributed by atoms with Crippen molar-refractivity contribution < 1.29 is 0 Å². The average Bonchev–Trinajstić information content (AvgIpc) is 2.30. The molecule has 0 saturated carbocycles. The van der Waals surface area contributed by atoms with Crippen molar-refractivity contribution in [3.05, 3.63) is 68.8 Å². The first kappa shape index (κ1) is 11.6. The molecule has 0 spiro atoms. The van der Waals surface area contributed by atoms with Gasteiger partial charge in [-0.1, -0.05) is 42.5 Å². The summed E-state index contributed by atoms with van der Waals surface area (Å²) in [6.07, 6.45) is 2.26. The standard InChI is InChI=1S/C15H15I/c1-12-6-2-3-7-13(12)10-11-14-8-4-5-9-15(14)16/h2-9H,10-11H2,1H3. The zero-order chi connectivity index (χ0) is 11.4. The van der Waals surface area contributed by atoms with Crippen LogP contribution in [0, 0.1) is 10.5 Å². The Morgan fingerprint density at radius 2 is 1.38 bits per heavy atom. The fraction of sp³-hybridized carbons (Fsp3) is 0.200. The van der Waals surface area contributed by atoms with Crippen LogP contribution in [-0.2, 0) is 12.8 Å². The second-order valence-corrected chi connectivity index (χ2v) is 5.18. The molecule has 2 rings (SSSR count). The first-order chi connectivity index (χ1) is 7.77. The summed E-state index contributed by atoms with van der Waals surface area (Å²) in [7, 11) is 0. The molecule has 0 aromatic heterocycles. The lowest BCUT2D eigenvalue weighted by Gasteiger charge is -2.06. The highest BCUT2D eigenvalue weighted by atomic mass is 127. The smallest absolute Gasteiger partial charge is 0.0162 e. The first-order valence-corrected chi connectivity index (χ1v) is 6.63. The van der Waals surface area contributed by atoms with Gasteiger partial charge in [0.05, 0.1) is 0 Å². The van der Waals surface area contributed by atoms with Gasteiger partial charge in [-0.25, -0.2) is 0 Å². The van der Waals surface area contributed by atoms with Gasteiger partial charge in [-0.2, -0.15) is 0 Å². The van der Waals surface area contributed by atoms with Gasteiger partial charge in [0.2, 0.25) is 0 Å². The third-order valence-electron chi connectivity index (χ3n) is 2.88. The van der Waals surface area contributed by atoms with Crippen LogP contribution in [-0.4, -0.2) is 0 Å². The summed E-state index contributed by atoms with van der Waals surface area (Å²) in [5.41, 5.74) is 4.31. The van der Waals surface area contributed by atoms with E-state index in [4.69, 9.17) is 0 Å². The molecule has 1 heteroatoms. The number of hydrogen-bond acceptors (Lipinski definition) is 0. The molecule has 16 heavy (non-hydrogen) atoms. The number of hydrogen-bond donors (Lipinski definition) is 0. The lowest BCUT2D eigenvalue weighted by molar-refractivity contribution is 0.943. The molecule has 0 aliphatic heterocycles. The summed E-state index contributed by atoms with van der Waals surface area (Å²) in [5.74, 6) is 0. The Kier molecular flexibility index (Phi) is 3.99. The minimum Gasteiger partial charge on any atom is -0.0620 e. The molecule has 2 aromatic carbocycles. The van der Waals surface area contributed by atoms with Crippen molar-refractivity contribution in [3.63, 3.8) is 0 Å². The summed E-state index contributed by atoms with van der Waals surface area (Å²) in [6.45, 7) is 2.19. The molecule has 0 heterocycles. The van der Waals surface area contributed by atoms with E-state index < -0.39 is 0 Å². The third-order valence-corrected chi connectivity index (χ3v) is 3.94. The van der Waals surface area contributed by atoms with Crippen LogP contribution >= 0.6 is 22.6 Å². The van der Waals surface area contributed by atoms with Crippen molar-refractivity contribution in [2.45, 2.75) is 19.8 Å². The van der Waals surface area contributed by atoms with E-state index in [-0.39, 0.29) is 0 Å². The predicted molar refractivity (Wildman–Crippen MR) is 77.7 cm³/mol. The molecule has 0 aliphatic rings. The maximum atomic E-state index is 2.41. The second-order valence-electron chi connectivity index (χ2n) is 4.02. The summed E-state index contributed by atoms with van der Waals surface area (Å²) < 4.78 is 1.37. The predicted octanol–water partition coefficient (Wildman–Crippen LogP) is 4.38. The molecule has 0 atom stereocenters. The topological polar surface area (TPSA) is 0 Å². The van der Waals surface area contributed by atoms with E-state index in [9.17, 15) is 0 Å². The zero-order valence-corrected chi connectivity index (χ0v) is 11.6. The maximum Gasteiger partial charge on any atom is 0.0162 e. The quantitative estimate of drug-likeness (QED) is 0.736. The lowest BCUT2D eigenvalue weighted by Crippen LogP contribution is -1.95. The van der Waals surface area contributed by atoms with Gasteiger partial charge in [-0.05, 0) is 65.1 Å². The number of rotatable bonds is 3. The van der Waals surface area contributed by atoms with Gasteiger partial charge in [0.1, 0.15) is 0 Å². The molecule has 0 radical (unpaired) electrons. The Labute approximate surface area is 111 Å². The Morgan fingerprint density at radius 3 is 2.06 bits per heavy atom. The fourth-order valence-electron chi connectivity index (χ4n) is 1.86. The molecular formula is C15H15I. The summed E-state index contributed by atoms with van der Waals surface area (Å²) in [6, 6.07) is 17.3. The van der Waals surface area contributed by atoms with Crippen molar-refractivity contribution >= 4 is 22.6 Å². The van der Waals surface area contributed by atoms with Crippen molar-refractivity contribution in [1.29, 1.82) is 0 Å². The van der Waals surface area contributed by atoms with E-state index in [1.807, 2.05) is 0 Å². The van der Waals surface area contributed by atoms with E-state index in [0.717, 1.165) is 12.8 Å². The van der Waals surface area contributed by atoms with Crippen LogP contribution in [0.3, 0.4) is 0 Å². The molecule has 0 N–H and O–H groups in total. The van der Waals surface area contributed by atoms with E-state index in [1.165, 1.54) is 20.3 Å². The highest BCUT2D eigenvalue weighted by Crippen LogP contribution is 2.16. The monoisotopic (exact) mass is 322 g/mol. The number of halogens is 1. The van der Waals surface area contributed by atoms with Crippen molar-refractivity contribution in [1.82, 2.24) is 0 Å². The molecule has 0 aliphatic carbocycles. The Bertz CT molecular complexity index is 429. The lowest BCUT2D eigenvalue weighted by atomic mass is 10.0. The molecule has 82 valence electrons. The molecule has 2 aromatic rings. The first-order valence-electron chi connectivity index (χ1n) is 5.55. The molecule has 0 fully saturated rings. The van der Waals surface area contributed by atoms with E-state index >= 15 is 0 Å². The highest BCUT2D eigenvalue weighted by Gasteiger charge is 2.01. The highest BCUT2D eigenvalue weighted by molar-refractivity contribution is 14.1. The number of aryl methyl sites for hydroxylation is 3. The van der Waals surface area contributed by atoms with Crippen LogP contribution in [0.5, 0.6) is 0 Å². The molecule has 0 saturated heterocycles. The third kappa shape index (κ3) is 2.85. The van der Waals surface area contributed by atoms with Gasteiger partial charge in [0, 0.05) is 3.57 Å². The minimum absolute atomic E-state index is 1.13. The van der Waals surface area contributed by atoms with E-state index in [1.54, 1.807) is 0 Å². The summed E-state index contributed by atoms with van der Waals surface area (Å²) >= 11 is 2.41.